The van der Waals surface area contributed by atoms with Gasteiger partial charge in [0.1, 0.15) is 11.8 Å². The molecule has 3 atom stereocenters. The van der Waals surface area contributed by atoms with Gasteiger partial charge in [-0.25, -0.2) is 0 Å². The Hall–Kier alpha value is -1.11. The molecule has 0 aromatic rings. The van der Waals surface area contributed by atoms with E-state index in [0.717, 1.165) is 38.8 Å². The summed E-state index contributed by atoms with van der Waals surface area (Å²) in [7, 11) is 1.58. The van der Waals surface area contributed by atoms with Crippen LogP contribution in [0.5, 0.6) is 0 Å². The Bertz CT molecular complexity index is 457. The summed E-state index contributed by atoms with van der Waals surface area (Å²) in [4.78, 5) is 16.4. The number of nitrogens with two attached hydrogens (primary N) is 2. The Morgan fingerprint density at radius 2 is 2.00 bits per heavy atom. The van der Waals surface area contributed by atoms with Gasteiger partial charge >= 0.3 is 0 Å². The van der Waals surface area contributed by atoms with E-state index in [1.54, 1.807) is 12.0 Å². The monoisotopic (exact) mass is 294 g/mol. The molecule has 4 N–H and O–H groups in total. The maximum Gasteiger partial charge on any atom is 0.233 e. The van der Waals surface area contributed by atoms with Crippen molar-refractivity contribution in [3.63, 3.8) is 0 Å². The SMILES string of the molecule is COC1=CC(C)C(N)(N2CCCC2)C(N)N1C(=O)C1CC1. The number of methoxy groups -OCH3 is 1. The normalized spacial score (nSPS) is 37.5. The molecule has 21 heavy (non-hydrogen) atoms. The van der Waals surface area contributed by atoms with Crippen molar-refractivity contribution in [3.05, 3.63) is 12.0 Å². The molecule has 0 spiro atoms. The van der Waals surface area contributed by atoms with Crippen LogP contribution in [0.4, 0.5) is 0 Å². The summed E-state index contributed by atoms with van der Waals surface area (Å²) in [5, 5.41) is 0. The number of carbonyl (C=O) groups is 1. The standard InChI is InChI=1S/C15H26N4O2/c1-10-9-12(21-2)19(13(20)11-5-6-11)14(16)15(10,17)18-7-3-4-8-18/h9-11,14H,3-8,16-17H2,1-2H3. The fraction of sp³-hybridized carbons (Fsp3) is 0.800. The lowest BCUT2D eigenvalue weighted by Gasteiger charge is -2.52. The molecule has 1 saturated heterocycles. The number of ether oxygens (including phenoxy) is 1. The van der Waals surface area contributed by atoms with Crippen LogP contribution in [0.1, 0.15) is 32.6 Å². The molecule has 6 nitrogen and oxygen atoms in total. The average molecular weight is 294 g/mol. The Balaban J connectivity index is 1.95. The predicted molar refractivity (Wildman–Crippen MR) is 79.5 cm³/mol. The van der Waals surface area contributed by atoms with E-state index >= 15 is 0 Å². The summed E-state index contributed by atoms with van der Waals surface area (Å²) < 4.78 is 5.41. The van der Waals surface area contributed by atoms with Gasteiger partial charge in [0, 0.05) is 24.9 Å². The lowest BCUT2D eigenvalue weighted by Crippen LogP contribution is -2.75. The minimum Gasteiger partial charge on any atom is -0.482 e. The van der Waals surface area contributed by atoms with Gasteiger partial charge in [-0.1, -0.05) is 6.92 Å². The van der Waals surface area contributed by atoms with Crippen molar-refractivity contribution in [2.75, 3.05) is 20.2 Å². The van der Waals surface area contributed by atoms with Gasteiger partial charge in [-0.05, 0) is 31.8 Å². The zero-order chi connectivity index (χ0) is 15.2. The van der Waals surface area contributed by atoms with Gasteiger partial charge in [0.15, 0.2) is 5.88 Å². The second-order valence-electron chi connectivity index (χ2n) is 6.51. The third-order valence-corrected chi connectivity index (χ3v) is 5.14. The first kappa shape index (κ1) is 14.8. The van der Waals surface area contributed by atoms with Crippen molar-refractivity contribution in [1.82, 2.24) is 9.80 Å². The summed E-state index contributed by atoms with van der Waals surface area (Å²) in [5.74, 6) is 0.721. The van der Waals surface area contributed by atoms with E-state index in [9.17, 15) is 4.79 Å². The van der Waals surface area contributed by atoms with Crippen molar-refractivity contribution < 1.29 is 9.53 Å². The predicted octanol–water partition coefficient (Wildman–Crippen LogP) is 0.398. The number of carbonyl (C=O) groups excluding carboxylic acids is 1. The van der Waals surface area contributed by atoms with Gasteiger partial charge in [-0.3, -0.25) is 14.6 Å². The lowest BCUT2D eigenvalue weighted by atomic mass is 9.86. The van der Waals surface area contributed by atoms with Crippen LogP contribution in [0, 0.1) is 11.8 Å². The third kappa shape index (κ3) is 2.25. The molecular formula is C15H26N4O2. The molecule has 3 aliphatic rings. The van der Waals surface area contributed by atoms with E-state index in [2.05, 4.69) is 11.8 Å². The fourth-order valence-corrected chi connectivity index (χ4v) is 3.56. The molecule has 6 heteroatoms. The summed E-state index contributed by atoms with van der Waals surface area (Å²) in [6.45, 7) is 3.93. The second kappa shape index (κ2) is 5.26. The lowest BCUT2D eigenvalue weighted by molar-refractivity contribution is -0.142. The van der Waals surface area contributed by atoms with E-state index in [1.807, 2.05) is 6.08 Å². The highest BCUT2D eigenvalue weighted by Crippen LogP contribution is 2.39. The minimum absolute atomic E-state index is 0.0313. The molecule has 1 amide bonds. The Morgan fingerprint density at radius 1 is 1.38 bits per heavy atom. The quantitative estimate of drug-likeness (QED) is 0.787. The molecule has 0 aromatic heterocycles. The number of hydrogen-bond acceptors (Lipinski definition) is 5. The van der Waals surface area contributed by atoms with E-state index in [4.69, 9.17) is 16.2 Å². The van der Waals surface area contributed by atoms with E-state index in [1.165, 1.54) is 0 Å². The number of hydrogen-bond donors (Lipinski definition) is 2. The van der Waals surface area contributed by atoms with E-state index in [0.29, 0.717) is 5.88 Å². The maximum atomic E-state index is 12.6. The zero-order valence-electron chi connectivity index (χ0n) is 12.9. The number of likely N-dealkylation sites (tertiary alicyclic amines) is 1. The molecular weight excluding hydrogens is 268 g/mol. The summed E-state index contributed by atoms with van der Waals surface area (Å²) >= 11 is 0. The molecule has 3 unspecified atom stereocenters. The first-order valence-corrected chi connectivity index (χ1v) is 7.88. The molecule has 2 heterocycles. The first-order valence-electron chi connectivity index (χ1n) is 7.88. The largest absolute Gasteiger partial charge is 0.482 e. The second-order valence-corrected chi connectivity index (χ2v) is 6.51. The van der Waals surface area contributed by atoms with Crippen LogP contribution >= 0.6 is 0 Å². The molecule has 118 valence electrons. The molecule has 2 fully saturated rings. The molecule has 0 bridgehead atoms. The maximum absolute atomic E-state index is 12.6. The van der Waals surface area contributed by atoms with Gasteiger partial charge in [0.25, 0.3) is 0 Å². The Labute approximate surface area is 126 Å². The van der Waals surface area contributed by atoms with Crippen molar-refractivity contribution in [1.29, 1.82) is 0 Å². The summed E-state index contributed by atoms with van der Waals surface area (Å²) in [6, 6.07) is 0. The van der Waals surface area contributed by atoms with Crippen molar-refractivity contribution in [3.8, 4) is 0 Å². The molecule has 0 radical (unpaired) electrons. The molecule has 1 aliphatic carbocycles. The van der Waals surface area contributed by atoms with Crippen LogP contribution in [-0.4, -0.2) is 47.7 Å². The summed E-state index contributed by atoms with van der Waals surface area (Å²) in [6.07, 6.45) is 5.53. The molecule has 1 saturated carbocycles. The van der Waals surface area contributed by atoms with E-state index in [-0.39, 0.29) is 17.7 Å². The van der Waals surface area contributed by atoms with Gasteiger partial charge in [-0.2, -0.15) is 0 Å². The Morgan fingerprint density at radius 3 is 2.52 bits per heavy atom. The van der Waals surface area contributed by atoms with Crippen LogP contribution in [0.15, 0.2) is 12.0 Å². The Kier molecular flexibility index (Phi) is 3.71. The van der Waals surface area contributed by atoms with Crippen molar-refractivity contribution >= 4 is 5.91 Å². The van der Waals surface area contributed by atoms with Gasteiger partial charge in [0.2, 0.25) is 5.91 Å². The average Bonchev–Trinajstić information content (AvgIpc) is 3.18. The number of amides is 1. The van der Waals surface area contributed by atoms with Crippen molar-refractivity contribution in [2.45, 2.75) is 44.4 Å². The van der Waals surface area contributed by atoms with Crippen molar-refractivity contribution in [2.24, 2.45) is 23.3 Å². The van der Waals surface area contributed by atoms with Crippen LogP contribution in [0.3, 0.4) is 0 Å². The topological polar surface area (TPSA) is 84.8 Å². The highest BCUT2D eigenvalue weighted by molar-refractivity contribution is 5.83. The highest BCUT2D eigenvalue weighted by atomic mass is 16.5. The van der Waals surface area contributed by atoms with E-state index < -0.39 is 11.8 Å². The minimum atomic E-state index is -0.719. The molecule has 2 aliphatic heterocycles. The molecule has 3 rings (SSSR count). The fourth-order valence-electron chi connectivity index (χ4n) is 3.56. The third-order valence-electron chi connectivity index (χ3n) is 5.14. The van der Waals surface area contributed by atoms with Crippen LogP contribution in [0.25, 0.3) is 0 Å². The summed E-state index contributed by atoms with van der Waals surface area (Å²) in [5.41, 5.74) is 12.5. The van der Waals surface area contributed by atoms with Crippen LogP contribution in [0.2, 0.25) is 0 Å². The first-order chi connectivity index (χ1) is 10.00. The van der Waals surface area contributed by atoms with Gasteiger partial charge in [-0.15, -0.1) is 0 Å². The smallest absolute Gasteiger partial charge is 0.233 e. The van der Waals surface area contributed by atoms with Gasteiger partial charge < -0.3 is 16.2 Å². The van der Waals surface area contributed by atoms with Crippen LogP contribution < -0.4 is 11.5 Å². The zero-order valence-corrected chi connectivity index (χ0v) is 12.9. The van der Waals surface area contributed by atoms with Crippen LogP contribution in [-0.2, 0) is 9.53 Å². The molecule has 0 aromatic carbocycles. The van der Waals surface area contributed by atoms with Gasteiger partial charge in [0.05, 0.1) is 7.11 Å². The highest BCUT2D eigenvalue weighted by Gasteiger charge is 2.53. The number of nitrogens with zero attached hydrogens (tertiary/aromatic N) is 2. The number of rotatable bonds is 3.